The molecule has 0 unspecified atom stereocenters. The van der Waals surface area contributed by atoms with E-state index in [9.17, 15) is 4.79 Å². The van der Waals surface area contributed by atoms with Crippen LogP contribution in [0.5, 0.6) is 0 Å². The Morgan fingerprint density at radius 2 is 1.79 bits per heavy atom. The van der Waals surface area contributed by atoms with Crippen molar-refractivity contribution < 1.29 is 4.79 Å². The zero-order valence-corrected chi connectivity index (χ0v) is 13.2. The number of allylic oxidation sites excluding steroid dienone is 1. The Morgan fingerprint density at radius 1 is 1.26 bits per heavy atom. The lowest BCUT2D eigenvalue weighted by Crippen LogP contribution is -2.11. The first-order chi connectivity index (χ1) is 8.08. The van der Waals surface area contributed by atoms with Crippen LogP contribution in [0.2, 0.25) is 0 Å². The number of Topliss-reactive ketones (excluding diaryl/α,β-unsaturated/α-hetero) is 1. The van der Waals surface area contributed by atoms with Crippen LogP contribution in [0.3, 0.4) is 0 Å². The Hall–Kier alpha value is -0.680. The number of carbonyl (C=O) groups excluding carboxylic acids is 1. The molecule has 19 heavy (non-hydrogen) atoms. The molecule has 0 aliphatic rings. The molecule has 0 fully saturated rings. The maximum absolute atomic E-state index is 10.7. The molecule has 0 atom stereocenters. The van der Waals surface area contributed by atoms with Crippen LogP contribution < -0.4 is 17.2 Å². The molecule has 4 nitrogen and oxygen atoms in total. The highest BCUT2D eigenvalue weighted by atomic mass is 32.2. The summed E-state index contributed by atoms with van der Waals surface area (Å²) in [4.78, 5) is 10.7. The summed E-state index contributed by atoms with van der Waals surface area (Å²) in [5.41, 5.74) is 6.44. The van der Waals surface area contributed by atoms with Crippen LogP contribution in [0.15, 0.2) is 11.9 Å². The van der Waals surface area contributed by atoms with Gasteiger partial charge < -0.3 is 22.0 Å². The van der Waals surface area contributed by atoms with E-state index < -0.39 is 0 Å². The summed E-state index contributed by atoms with van der Waals surface area (Å²) in [6.45, 7) is 4.73. The second-order valence-corrected chi connectivity index (χ2v) is 4.81. The monoisotopic (exact) mass is 293 g/mol. The van der Waals surface area contributed by atoms with Gasteiger partial charge in [-0.3, -0.25) is 0 Å². The largest absolute Gasteiger partial charge is 0.401 e. The molecule has 5 heteroatoms. The smallest absolute Gasteiger partial charge is 0.130 e. The standard InChI is InChI=1S/C11H22N2O.C2H6S.CH4.H3N/c1-3-4-5-8-13-9-11(12)7-6-10(2)14;1-3-2;;/h9,13H,3-8,12H2,1-2H3;1-2H3;1H4;1H3/b11-9-;;;. The first-order valence-electron chi connectivity index (χ1n) is 6.15. The van der Waals surface area contributed by atoms with E-state index in [1.807, 2.05) is 18.7 Å². The second kappa shape index (κ2) is 22.5. The average Bonchev–Trinajstić information content (AvgIpc) is 2.27. The molecule has 0 saturated heterocycles. The van der Waals surface area contributed by atoms with Crippen molar-refractivity contribution in [3.63, 3.8) is 0 Å². The summed E-state index contributed by atoms with van der Waals surface area (Å²) in [6.07, 6.45) is 10.8. The van der Waals surface area contributed by atoms with Crippen molar-refractivity contribution in [2.24, 2.45) is 5.73 Å². The lowest BCUT2D eigenvalue weighted by atomic mass is 10.2. The summed E-state index contributed by atoms with van der Waals surface area (Å²) < 4.78 is 0. The maximum atomic E-state index is 10.7. The fourth-order valence-electron chi connectivity index (χ4n) is 1.07. The van der Waals surface area contributed by atoms with E-state index in [0.717, 1.165) is 12.2 Å². The van der Waals surface area contributed by atoms with Crippen molar-refractivity contribution in [1.29, 1.82) is 0 Å². The van der Waals surface area contributed by atoms with Gasteiger partial charge in [0.1, 0.15) is 5.78 Å². The van der Waals surface area contributed by atoms with Gasteiger partial charge >= 0.3 is 0 Å². The van der Waals surface area contributed by atoms with E-state index in [-0.39, 0.29) is 19.4 Å². The Labute approximate surface area is 124 Å². The zero-order valence-electron chi connectivity index (χ0n) is 12.4. The predicted octanol–water partition coefficient (Wildman–Crippen LogP) is 3.71. The number of rotatable bonds is 8. The van der Waals surface area contributed by atoms with Gasteiger partial charge in [0.15, 0.2) is 0 Å². The van der Waals surface area contributed by atoms with E-state index in [4.69, 9.17) is 5.73 Å². The Morgan fingerprint density at radius 3 is 2.21 bits per heavy atom. The molecule has 0 heterocycles. The van der Waals surface area contributed by atoms with Crippen molar-refractivity contribution in [3.05, 3.63) is 11.9 Å². The average molecular weight is 294 g/mol. The molecule has 0 rings (SSSR count). The normalized spacial score (nSPS) is 9.37. The highest BCUT2D eigenvalue weighted by molar-refractivity contribution is 7.97. The summed E-state index contributed by atoms with van der Waals surface area (Å²) >= 11 is 1.75. The van der Waals surface area contributed by atoms with Gasteiger partial charge in [0, 0.05) is 24.9 Å². The summed E-state index contributed by atoms with van der Waals surface area (Å²) in [6, 6.07) is 0. The van der Waals surface area contributed by atoms with E-state index in [1.54, 1.807) is 18.7 Å². The van der Waals surface area contributed by atoms with Gasteiger partial charge in [0.2, 0.25) is 0 Å². The van der Waals surface area contributed by atoms with Gasteiger partial charge in [-0.2, -0.15) is 11.8 Å². The zero-order chi connectivity index (χ0) is 13.5. The predicted molar refractivity (Wildman–Crippen MR) is 90.9 cm³/mol. The third-order valence-electron chi connectivity index (χ3n) is 1.98. The minimum absolute atomic E-state index is 0. The molecule has 0 aromatic rings. The highest BCUT2D eigenvalue weighted by Crippen LogP contribution is 1.97. The molecule has 0 spiro atoms. The third kappa shape index (κ3) is 31.7. The number of ketones is 1. The van der Waals surface area contributed by atoms with Crippen molar-refractivity contribution in [2.45, 2.75) is 53.4 Å². The molecule has 118 valence electrons. The number of unbranched alkanes of at least 4 members (excludes halogenated alkanes) is 2. The maximum Gasteiger partial charge on any atom is 0.130 e. The molecule has 6 N–H and O–H groups in total. The lowest BCUT2D eigenvalue weighted by Gasteiger charge is -2.02. The first kappa shape index (κ1) is 26.8. The molecule has 0 radical (unpaired) electrons. The highest BCUT2D eigenvalue weighted by Gasteiger charge is 1.94. The van der Waals surface area contributed by atoms with E-state index in [2.05, 4.69) is 12.2 Å². The van der Waals surface area contributed by atoms with Gasteiger partial charge in [-0.05, 0) is 32.3 Å². The lowest BCUT2D eigenvalue weighted by molar-refractivity contribution is -0.116. The number of carbonyl (C=O) groups is 1. The topological polar surface area (TPSA) is 90.1 Å². The molecular formula is C14H35N3OS. The Kier molecular flexibility index (Phi) is 31.7. The molecule has 0 aliphatic heterocycles. The van der Waals surface area contributed by atoms with Gasteiger partial charge in [0.05, 0.1) is 0 Å². The molecule has 0 aliphatic carbocycles. The quantitative estimate of drug-likeness (QED) is 0.593. The number of thioether (sulfide) groups is 1. The van der Waals surface area contributed by atoms with Crippen LogP contribution in [-0.4, -0.2) is 24.8 Å². The third-order valence-corrected chi connectivity index (χ3v) is 1.98. The molecule has 0 bridgehead atoms. The van der Waals surface area contributed by atoms with Crippen LogP contribution in [0.25, 0.3) is 0 Å². The second-order valence-electron chi connectivity index (χ2n) is 3.99. The number of hydrogen-bond donors (Lipinski definition) is 3. The molecule has 0 amide bonds. The van der Waals surface area contributed by atoms with Crippen molar-refractivity contribution in [2.75, 3.05) is 19.1 Å². The summed E-state index contributed by atoms with van der Waals surface area (Å²) in [5.74, 6) is 0.187. The summed E-state index contributed by atoms with van der Waals surface area (Å²) in [7, 11) is 0. The van der Waals surface area contributed by atoms with Crippen LogP contribution in [0.4, 0.5) is 0 Å². The number of nitrogens with two attached hydrogens (primary N) is 1. The molecular weight excluding hydrogens is 258 g/mol. The van der Waals surface area contributed by atoms with Crippen LogP contribution in [-0.2, 0) is 4.79 Å². The Balaban J connectivity index is -0.000000204. The minimum Gasteiger partial charge on any atom is -0.401 e. The van der Waals surface area contributed by atoms with Crippen LogP contribution in [0.1, 0.15) is 53.4 Å². The SMILES string of the molecule is C.CCCCCN/C=C(\N)CCC(C)=O.CSC.N. The minimum atomic E-state index is 0. The van der Waals surface area contributed by atoms with Crippen molar-refractivity contribution >= 4 is 17.5 Å². The van der Waals surface area contributed by atoms with Crippen molar-refractivity contribution in [1.82, 2.24) is 11.5 Å². The molecule has 0 aromatic carbocycles. The van der Waals surface area contributed by atoms with Gasteiger partial charge in [-0.15, -0.1) is 0 Å². The van der Waals surface area contributed by atoms with E-state index >= 15 is 0 Å². The van der Waals surface area contributed by atoms with Gasteiger partial charge in [0.25, 0.3) is 0 Å². The Bertz CT molecular complexity index is 209. The van der Waals surface area contributed by atoms with Crippen LogP contribution in [0, 0.1) is 0 Å². The fraction of sp³-hybridized carbons (Fsp3) is 0.786. The fourth-order valence-corrected chi connectivity index (χ4v) is 1.07. The molecule has 0 saturated carbocycles. The van der Waals surface area contributed by atoms with Gasteiger partial charge in [-0.1, -0.05) is 27.2 Å². The first-order valence-corrected chi connectivity index (χ1v) is 7.79. The van der Waals surface area contributed by atoms with Gasteiger partial charge in [-0.25, -0.2) is 0 Å². The molecule has 0 aromatic heterocycles. The summed E-state index contributed by atoms with van der Waals surface area (Å²) in [5, 5.41) is 3.15. The van der Waals surface area contributed by atoms with Crippen LogP contribution >= 0.6 is 11.8 Å². The van der Waals surface area contributed by atoms with E-state index in [0.29, 0.717) is 12.8 Å². The number of nitrogens with one attached hydrogen (secondary N) is 1. The van der Waals surface area contributed by atoms with Crippen molar-refractivity contribution in [3.8, 4) is 0 Å². The van der Waals surface area contributed by atoms with E-state index in [1.165, 1.54) is 19.3 Å². The number of hydrogen-bond acceptors (Lipinski definition) is 5.